The van der Waals surface area contributed by atoms with Crippen molar-refractivity contribution < 1.29 is 8.42 Å². The summed E-state index contributed by atoms with van der Waals surface area (Å²) in [5, 5.41) is 0. The van der Waals surface area contributed by atoms with Gasteiger partial charge in [0, 0.05) is 11.1 Å². The van der Waals surface area contributed by atoms with Crippen molar-refractivity contribution in [1.82, 2.24) is 0 Å². The van der Waals surface area contributed by atoms with Crippen molar-refractivity contribution in [2.45, 2.75) is 51.9 Å². The van der Waals surface area contributed by atoms with Crippen LogP contribution in [0.2, 0.25) is 0 Å². The van der Waals surface area contributed by atoms with Crippen molar-refractivity contribution in [2.24, 2.45) is 21.1 Å². The smallest absolute Gasteiger partial charge is 0.199 e. The monoisotopic (exact) mass is 305 g/mol. The molecule has 0 N–H and O–H groups in total. The van der Waals surface area contributed by atoms with Gasteiger partial charge in [-0.1, -0.05) is 38.5 Å². The summed E-state index contributed by atoms with van der Waals surface area (Å²) in [6.45, 7) is 8.64. The molecule has 21 heavy (non-hydrogen) atoms. The molecule has 2 unspecified atom stereocenters. The Labute approximate surface area is 127 Å². The Morgan fingerprint density at radius 1 is 1.14 bits per heavy atom. The van der Waals surface area contributed by atoms with Crippen molar-refractivity contribution in [2.75, 3.05) is 0 Å². The van der Waals surface area contributed by atoms with E-state index in [1.165, 1.54) is 6.42 Å². The molecule has 1 aromatic carbocycles. The lowest BCUT2D eigenvalue weighted by molar-refractivity contribution is 0.194. The topological polar surface area (TPSA) is 46.5 Å². The zero-order valence-corrected chi connectivity index (χ0v) is 14.0. The highest BCUT2D eigenvalue weighted by atomic mass is 32.2. The molecule has 2 aliphatic rings. The molecule has 4 heteroatoms. The summed E-state index contributed by atoms with van der Waals surface area (Å²) >= 11 is 0. The van der Waals surface area contributed by atoms with E-state index in [4.69, 9.17) is 0 Å². The summed E-state index contributed by atoms with van der Waals surface area (Å²) in [5.74, 6) is 0.564. The fourth-order valence-corrected chi connectivity index (χ4v) is 5.13. The highest BCUT2D eigenvalue weighted by Crippen LogP contribution is 2.64. The van der Waals surface area contributed by atoms with Crippen LogP contribution in [-0.2, 0) is 10.0 Å². The maximum atomic E-state index is 12.5. The van der Waals surface area contributed by atoms with E-state index in [2.05, 4.69) is 25.2 Å². The molecule has 3 rings (SSSR count). The number of hydrogen-bond acceptors (Lipinski definition) is 2. The lowest BCUT2D eigenvalue weighted by Crippen LogP contribution is -2.33. The predicted octanol–water partition coefficient (Wildman–Crippen LogP) is 3.97. The maximum Gasteiger partial charge on any atom is 0.282 e. The van der Waals surface area contributed by atoms with Gasteiger partial charge >= 0.3 is 0 Å². The van der Waals surface area contributed by atoms with Crippen molar-refractivity contribution in [1.29, 1.82) is 0 Å². The minimum Gasteiger partial charge on any atom is -0.199 e. The van der Waals surface area contributed by atoms with Crippen LogP contribution < -0.4 is 0 Å². The minimum atomic E-state index is -3.58. The Kier molecular flexibility index (Phi) is 3.11. The first-order valence-corrected chi connectivity index (χ1v) is 9.02. The standard InChI is InChI=1S/C17H23NO2S/c1-12-5-7-14(8-6-12)21(19,20)18-15-11-13-9-10-17(15,4)16(13,2)3/h5-8,13H,9-11H2,1-4H3. The van der Waals surface area contributed by atoms with Crippen molar-refractivity contribution >= 4 is 15.7 Å². The predicted molar refractivity (Wildman–Crippen MR) is 85.0 cm³/mol. The number of nitrogens with zero attached hydrogens (tertiary/aromatic N) is 1. The third-order valence-corrected chi connectivity index (χ3v) is 7.39. The van der Waals surface area contributed by atoms with Crippen molar-refractivity contribution in [3.8, 4) is 0 Å². The summed E-state index contributed by atoms with van der Waals surface area (Å²) in [7, 11) is -3.58. The SMILES string of the molecule is Cc1ccc(S(=O)(=O)N=C2CC3CCC2(C)C3(C)C)cc1. The molecule has 2 saturated carbocycles. The lowest BCUT2D eigenvalue weighted by Gasteiger charge is -2.34. The fraction of sp³-hybridized carbons (Fsp3) is 0.588. The summed E-state index contributed by atoms with van der Waals surface area (Å²) in [6.07, 6.45) is 3.06. The number of hydrogen-bond donors (Lipinski definition) is 0. The van der Waals surface area contributed by atoms with Gasteiger partial charge in [-0.3, -0.25) is 0 Å². The Morgan fingerprint density at radius 3 is 2.24 bits per heavy atom. The van der Waals surface area contributed by atoms with Crippen LogP contribution in [0.25, 0.3) is 0 Å². The molecule has 2 fully saturated rings. The molecule has 0 radical (unpaired) electrons. The maximum absolute atomic E-state index is 12.5. The van der Waals surface area contributed by atoms with Gasteiger partial charge in [0.1, 0.15) is 0 Å². The largest absolute Gasteiger partial charge is 0.282 e. The molecular weight excluding hydrogens is 282 g/mol. The van der Waals surface area contributed by atoms with E-state index in [1.54, 1.807) is 12.1 Å². The summed E-state index contributed by atoms with van der Waals surface area (Å²) in [6, 6.07) is 6.93. The number of rotatable bonds is 2. The first-order valence-electron chi connectivity index (χ1n) is 7.58. The summed E-state index contributed by atoms with van der Waals surface area (Å²) in [4.78, 5) is 0.296. The van der Waals surface area contributed by atoms with Crippen LogP contribution in [0.1, 0.15) is 45.6 Å². The number of sulfonamides is 1. The van der Waals surface area contributed by atoms with Crippen LogP contribution in [0.3, 0.4) is 0 Å². The molecule has 1 aromatic rings. The summed E-state index contributed by atoms with van der Waals surface area (Å²) in [5.41, 5.74) is 2.00. The van der Waals surface area contributed by atoms with Gasteiger partial charge in [-0.2, -0.15) is 12.8 Å². The Balaban J connectivity index is 2.01. The van der Waals surface area contributed by atoms with E-state index < -0.39 is 10.0 Å². The minimum absolute atomic E-state index is 0.0740. The van der Waals surface area contributed by atoms with Crippen LogP contribution in [0.5, 0.6) is 0 Å². The molecule has 2 bridgehead atoms. The quantitative estimate of drug-likeness (QED) is 0.830. The second-order valence-electron chi connectivity index (χ2n) is 7.32. The second-order valence-corrected chi connectivity index (χ2v) is 8.92. The van der Waals surface area contributed by atoms with Crippen LogP contribution in [-0.4, -0.2) is 14.1 Å². The molecule has 0 amide bonds. The Bertz CT molecular complexity index is 701. The average Bonchev–Trinajstić information content (AvgIpc) is 2.72. The van der Waals surface area contributed by atoms with Crippen LogP contribution >= 0.6 is 0 Å². The Hall–Kier alpha value is -1.16. The van der Waals surface area contributed by atoms with Gasteiger partial charge in [0.25, 0.3) is 10.0 Å². The van der Waals surface area contributed by atoms with Crippen LogP contribution in [0, 0.1) is 23.7 Å². The van der Waals surface area contributed by atoms with Crippen molar-refractivity contribution in [3.05, 3.63) is 29.8 Å². The molecular formula is C17H23NO2S. The zero-order chi connectivity index (χ0) is 15.5. The zero-order valence-electron chi connectivity index (χ0n) is 13.2. The molecule has 0 aliphatic heterocycles. The van der Waals surface area contributed by atoms with Gasteiger partial charge in [-0.25, -0.2) is 0 Å². The van der Waals surface area contributed by atoms with Gasteiger partial charge in [-0.05, 0) is 49.7 Å². The second kappa shape index (κ2) is 4.42. The van der Waals surface area contributed by atoms with E-state index >= 15 is 0 Å². The first-order chi connectivity index (χ1) is 9.67. The van der Waals surface area contributed by atoms with Gasteiger partial charge < -0.3 is 0 Å². The average molecular weight is 305 g/mol. The van der Waals surface area contributed by atoms with Gasteiger partial charge in [0.2, 0.25) is 0 Å². The molecule has 3 nitrogen and oxygen atoms in total. The van der Waals surface area contributed by atoms with E-state index in [9.17, 15) is 8.42 Å². The molecule has 2 atom stereocenters. The van der Waals surface area contributed by atoms with Crippen LogP contribution in [0.4, 0.5) is 0 Å². The molecule has 0 heterocycles. The van der Waals surface area contributed by atoms with E-state index in [0.29, 0.717) is 10.8 Å². The normalized spacial score (nSPS) is 32.8. The molecule has 114 valence electrons. The third-order valence-electron chi connectivity index (χ3n) is 6.06. The highest BCUT2D eigenvalue weighted by molar-refractivity contribution is 7.90. The molecule has 0 aromatic heterocycles. The van der Waals surface area contributed by atoms with E-state index in [0.717, 1.165) is 24.1 Å². The number of benzene rings is 1. The molecule has 2 aliphatic carbocycles. The number of aryl methyl sites for hydroxylation is 1. The highest BCUT2D eigenvalue weighted by Gasteiger charge is 2.60. The summed E-state index contributed by atoms with van der Waals surface area (Å²) < 4.78 is 29.3. The van der Waals surface area contributed by atoms with Gasteiger partial charge in [-0.15, -0.1) is 0 Å². The van der Waals surface area contributed by atoms with Crippen molar-refractivity contribution in [3.63, 3.8) is 0 Å². The van der Waals surface area contributed by atoms with E-state index in [1.807, 2.05) is 19.1 Å². The molecule has 0 saturated heterocycles. The van der Waals surface area contributed by atoms with Crippen LogP contribution in [0.15, 0.2) is 33.6 Å². The first kappa shape index (κ1) is 14.8. The Morgan fingerprint density at radius 2 is 1.76 bits per heavy atom. The van der Waals surface area contributed by atoms with E-state index in [-0.39, 0.29) is 10.8 Å². The number of fused-ring (bicyclic) bond motifs is 2. The molecule has 0 spiro atoms. The van der Waals surface area contributed by atoms with Gasteiger partial charge in [0.15, 0.2) is 0 Å². The van der Waals surface area contributed by atoms with Gasteiger partial charge in [0.05, 0.1) is 4.90 Å². The fourth-order valence-electron chi connectivity index (χ4n) is 3.97. The third kappa shape index (κ3) is 2.07. The lowest BCUT2D eigenvalue weighted by atomic mass is 9.70.